The maximum atomic E-state index is 12.7. The van der Waals surface area contributed by atoms with E-state index in [2.05, 4.69) is 4.72 Å². The zero-order valence-electron chi connectivity index (χ0n) is 16.9. The van der Waals surface area contributed by atoms with Crippen LogP contribution < -0.4 is 19.1 Å². The molecule has 0 saturated carbocycles. The number of hydrogen-bond donors (Lipinski definition) is 1. The molecule has 29 heavy (non-hydrogen) atoms. The number of ether oxygens (including phenoxy) is 2. The summed E-state index contributed by atoms with van der Waals surface area (Å²) in [6.45, 7) is 4.83. The van der Waals surface area contributed by atoms with Crippen molar-refractivity contribution in [3.05, 3.63) is 47.5 Å². The zero-order chi connectivity index (χ0) is 21.0. The predicted octanol–water partition coefficient (Wildman–Crippen LogP) is 2.80. The molecule has 1 heterocycles. The first kappa shape index (κ1) is 21.1. The molecule has 1 saturated heterocycles. The summed E-state index contributed by atoms with van der Waals surface area (Å²) in [5.41, 5.74) is 2.62. The van der Waals surface area contributed by atoms with Crippen LogP contribution in [0.2, 0.25) is 0 Å². The summed E-state index contributed by atoms with van der Waals surface area (Å²) >= 11 is 0. The second-order valence-electron chi connectivity index (χ2n) is 7.00. The van der Waals surface area contributed by atoms with Crippen LogP contribution in [0.3, 0.4) is 0 Å². The average molecular weight is 419 g/mol. The van der Waals surface area contributed by atoms with Gasteiger partial charge in [0.15, 0.2) is 0 Å². The summed E-state index contributed by atoms with van der Waals surface area (Å²) in [6.07, 6.45) is 1.20. The standard InChI is InChI=1S/C21H26N2O5S/c1-15-6-8-19(16(2)13-15)28-12-10-22-29(25,26)17-7-9-20(27-3)18(14-17)23-11-4-5-21(23)24/h6-9,13-14,22H,4-5,10-12H2,1-3H3. The fraction of sp³-hybridized carbons (Fsp3) is 0.381. The second kappa shape index (κ2) is 8.84. The van der Waals surface area contributed by atoms with Gasteiger partial charge in [-0.3, -0.25) is 4.79 Å². The fourth-order valence-electron chi connectivity index (χ4n) is 3.33. The molecule has 8 heteroatoms. The van der Waals surface area contributed by atoms with E-state index in [1.165, 1.54) is 19.2 Å². The molecule has 0 aromatic heterocycles. The molecule has 7 nitrogen and oxygen atoms in total. The first-order valence-electron chi connectivity index (χ1n) is 9.50. The van der Waals surface area contributed by atoms with E-state index < -0.39 is 10.0 Å². The highest BCUT2D eigenvalue weighted by molar-refractivity contribution is 7.89. The smallest absolute Gasteiger partial charge is 0.240 e. The monoisotopic (exact) mass is 418 g/mol. The molecule has 1 amide bonds. The first-order chi connectivity index (χ1) is 13.8. The van der Waals surface area contributed by atoms with Crippen molar-refractivity contribution >= 4 is 21.6 Å². The van der Waals surface area contributed by atoms with Gasteiger partial charge in [-0.25, -0.2) is 13.1 Å². The quantitative estimate of drug-likeness (QED) is 0.667. The zero-order valence-corrected chi connectivity index (χ0v) is 17.7. The van der Waals surface area contributed by atoms with Gasteiger partial charge in [0.2, 0.25) is 15.9 Å². The van der Waals surface area contributed by atoms with Gasteiger partial charge in [-0.05, 0) is 50.1 Å². The van der Waals surface area contributed by atoms with Crippen molar-refractivity contribution in [3.63, 3.8) is 0 Å². The van der Waals surface area contributed by atoms with Gasteiger partial charge in [-0.1, -0.05) is 17.7 Å². The van der Waals surface area contributed by atoms with E-state index in [0.29, 0.717) is 24.4 Å². The van der Waals surface area contributed by atoms with E-state index in [-0.39, 0.29) is 24.0 Å². The lowest BCUT2D eigenvalue weighted by molar-refractivity contribution is -0.117. The summed E-state index contributed by atoms with van der Waals surface area (Å²) < 4.78 is 38.9. The van der Waals surface area contributed by atoms with Crippen molar-refractivity contribution < 1.29 is 22.7 Å². The topological polar surface area (TPSA) is 84.9 Å². The number of carbonyl (C=O) groups is 1. The van der Waals surface area contributed by atoms with E-state index >= 15 is 0 Å². The van der Waals surface area contributed by atoms with E-state index in [1.54, 1.807) is 11.0 Å². The minimum absolute atomic E-state index is 0.0346. The number of amides is 1. The molecule has 2 aromatic rings. The molecule has 0 aliphatic carbocycles. The molecule has 3 rings (SSSR count). The summed E-state index contributed by atoms with van der Waals surface area (Å²) in [5, 5.41) is 0. The Balaban J connectivity index is 1.68. The molecule has 156 valence electrons. The number of nitrogens with zero attached hydrogens (tertiary/aromatic N) is 1. The summed E-state index contributed by atoms with van der Waals surface area (Å²) in [5.74, 6) is 1.17. The molecule has 0 spiro atoms. The lowest BCUT2D eigenvalue weighted by atomic mass is 10.1. The maximum absolute atomic E-state index is 12.7. The van der Waals surface area contributed by atoms with Crippen LogP contribution in [0.4, 0.5) is 5.69 Å². The van der Waals surface area contributed by atoms with Gasteiger partial charge in [0.25, 0.3) is 0 Å². The third-order valence-electron chi connectivity index (χ3n) is 4.81. The highest BCUT2D eigenvalue weighted by Crippen LogP contribution is 2.33. The lowest BCUT2D eigenvalue weighted by Gasteiger charge is -2.20. The molecule has 0 atom stereocenters. The number of anilines is 1. The van der Waals surface area contributed by atoms with Crippen molar-refractivity contribution in [2.45, 2.75) is 31.6 Å². The number of methoxy groups -OCH3 is 1. The number of aryl methyl sites for hydroxylation is 2. The Morgan fingerprint density at radius 2 is 1.86 bits per heavy atom. The van der Waals surface area contributed by atoms with E-state index in [4.69, 9.17) is 9.47 Å². The van der Waals surface area contributed by atoms with Crippen LogP contribution in [0.1, 0.15) is 24.0 Å². The predicted molar refractivity (Wildman–Crippen MR) is 111 cm³/mol. The lowest BCUT2D eigenvalue weighted by Crippen LogP contribution is -2.29. The van der Waals surface area contributed by atoms with Crippen LogP contribution in [0.25, 0.3) is 0 Å². The Kier molecular flexibility index (Phi) is 6.44. The summed E-state index contributed by atoms with van der Waals surface area (Å²) in [6, 6.07) is 10.4. The van der Waals surface area contributed by atoms with E-state index in [0.717, 1.165) is 23.3 Å². The molecular weight excluding hydrogens is 392 g/mol. The Bertz CT molecular complexity index is 1000. The highest BCUT2D eigenvalue weighted by Gasteiger charge is 2.26. The van der Waals surface area contributed by atoms with Crippen LogP contribution in [-0.4, -0.2) is 41.1 Å². The molecule has 1 N–H and O–H groups in total. The minimum atomic E-state index is -3.75. The average Bonchev–Trinajstić information content (AvgIpc) is 3.11. The number of carbonyl (C=O) groups excluding carboxylic acids is 1. The van der Waals surface area contributed by atoms with Gasteiger partial charge in [0, 0.05) is 19.5 Å². The molecule has 0 unspecified atom stereocenters. The number of sulfonamides is 1. The van der Waals surface area contributed by atoms with Gasteiger partial charge in [0.05, 0.1) is 17.7 Å². The second-order valence-corrected chi connectivity index (χ2v) is 8.76. The van der Waals surface area contributed by atoms with Crippen LogP contribution in [0.5, 0.6) is 11.5 Å². The van der Waals surface area contributed by atoms with Crippen molar-refractivity contribution in [1.82, 2.24) is 4.72 Å². The molecule has 0 bridgehead atoms. The first-order valence-corrected chi connectivity index (χ1v) is 11.0. The number of nitrogens with one attached hydrogen (secondary N) is 1. The van der Waals surface area contributed by atoms with Crippen molar-refractivity contribution in [3.8, 4) is 11.5 Å². The SMILES string of the molecule is COc1ccc(S(=O)(=O)NCCOc2ccc(C)cc2C)cc1N1CCCC1=O. The fourth-order valence-corrected chi connectivity index (χ4v) is 4.37. The van der Waals surface area contributed by atoms with Crippen LogP contribution in [0.15, 0.2) is 41.3 Å². The van der Waals surface area contributed by atoms with E-state index in [1.807, 2.05) is 32.0 Å². The van der Waals surface area contributed by atoms with Crippen molar-refractivity contribution in [2.75, 3.05) is 31.7 Å². The molecule has 0 radical (unpaired) electrons. The maximum Gasteiger partial charge on any atom is 0.240 e. The third kappa shape index (κ3) is 4.89. The minimum Gasteiger partial charge on any atom is -0.495 e. The van der Waals surface area contributed by atoms with Gasteiger partial charge < -0.3 is 14.4 Å². The molecule has 1 fully saturated rings. The van der Waals surface area contributed by atoms with Gasteiger partial charge in [-0.15, -0.1) is 0 Å². The molecular formula is C21H26N2O5S. The van der Waals surface area contributed by atoms with Gasteiger partial charge in [-0.2, -0.15) is 0 Å². The van der Waals surface area contributed by atoms with Gasteiger partial charge in [0.1, 0.15) is 18.1 Å². The number of benzene rings is 2. The highest BCUT2D eigenvalue weighted by atomic mass is 32.2. The van der Waals surface area contributed by atoms with Crippen LogP contribution in [-0.2, 0) is 14.8 Å². The normalized spacial score (nSPS) is 14.3. The molecule has 2 aromatic carbocycles. The van der Waals surface area contributed by atoms with Crippen molar-refractivity contribution in [1.29, 1.82) is 0 Å². The number of rotatable bonds is 8. The third-order valence-corrected chi connectivity index (χ3v) is 6.27. The summed E-state index contributed by atoms with van der Waals surface area (Å²) in [7, 11) is -2.25. The van der Waals surface area contributed by atoms with Crippen LogP contribution in [0, 0.1) is 13.8 Å². The Morgan fingerprint density at radius 3 is 2.52 bits per heavy atom. The number of hydrogen-bond acceptors (Lipinski definition) is 5. The molecule has 1 aliphatic rings. The summed E-state index contributed by atoms with van der Waals surface area (Å²) in [4.78, 5) is 13.7. The Morgan fingerprint density at radius 1 is 1.10 bits per heavy atom. The molecule has 1 aliphatic heterocycles. The van der Waals surface area contributed by atoms with Crippen LogP contribution >= 0.6 is 0 Å². The van der Waals surface area contributed by atoms with Crippen molar-refractivity contribution in [2.24, 2.45) is 0 Å². The Hall–Kier alpha value is -2.58. The Labute approximate surface area is 171 Å². The van der Waals surface area contributed by atoms with Gasteiger partial charge >= 0.3 is 0 Å². The van der Waals surface area contributed by atoms with E-state index in [9.17, 15) is 13.2 Å². The largest absolute Gasteiger partial charge is 0.495 e.